The van der Waals surface area contributed by atoms with Crippen LogP contribution in [0.1, 0.15) is 29.8 Å². The van der Waals surface area contributed by atoms with Crippen LogP contribution in [0.15, 0.2) is 53.4 Å². The van der Waals surface area contributed by atoms with Crippen molar-refractivity contribution in [1.29, 1.82) is 0 Å². The lowest BCUT2D eigenvalue weighted by atomic mass is 10.2. The number of carbonyl (C=O) groups excluding carboxylic acids is 1. The molecule has 134 valence electrons. The van der Waals surface area contributed by atoms with Crippen LogP contribution in [0.3, 0.4) is 0 Å². The van der Waals surface area contributed by atoms with Gasteiger partial charge in [0, 0.05) is 30.2 Å². The molecule has 0 bridgehead atoms. The van der Waals surface area contributed by atoms with E-state index in [0.29, 0.717) is 30.2 Å². The van der Waals surface area contributed by atoms with E-state index in [1.54, 1.807) is 26.0 Å². The summed E-state index contributed by atoms with van der Waals surface area (Å²) in [7, 11) is -3.51. The molecule has 0 atom stereocenters. The third-order valence-electron chi connectivity index (χ3n) is 3.83. The van der Waals surface area contributed by atoms with E-state index >= 15 is 0 Å². The third-order valence-corrected chi connectivity index (χ3v) is 6.14. The number of hydrogen-bond acceptors (Lipinski definition) is 3. The average molecular weight is 381 g/mol. The van der Waals surface area contributed by atoms with Gasteiger partial charge in [-0.15, -0.1) is 0 Å². The molecule has 2 aromatic carbocycles. The molecule has 0 aliphatic carbocycles. The molecule has 0 heterocycles. The molecule has 0 aliphatic heterocycles. The summed E-state index contributed by atoms with van der Waals surface area (Å²) >= 11 is 5.83. The summed E-state index contributed by atoms with van der Waals surface area (Å²) in [6.45, 7) is 4.76. The number of halogens is 1. The van der Waals surface area contributed by atoms with Crippen molar-refractivity contribution in [2.45, 2.75) is 25.3 Å². The minimum atomic E-state index is -3.51. The average Bonchev–Trinajstić information content (AvgIpc) is 2.62. The Kier molecular flexibility index (Phi) is 6.58. The Morgan fingerprint density at radius 1 is 1.00 bits per heavy atom. The van der Waals surface area contributed by atoms with Crippen LogP contribution >= 0.6 is 11.6 Å². The molecule has 25 heavy (non-hydrogen) atoms. The van der Waals surface area contributed by atoms with Crippen LogP contribution in [0.5, 0.6) is 0 Å². The van der Waals surface area contributed by atoms with Crippen molar-refractivity contribution in [3.63, 3.8) is 0 Å². The number of nitrogens with zero attached hydrogens (tertiary/aromatic N) is 1. The van der Waals surface area contributed by atoms with Gasteiger partial charge in [0.2, 0.25) is 10.0 Å². The van der Waals surface area contributed by atoms with Crippen molar-refractivity contribution >= 4 is 27.5 Å². The number of sulfonamides is 1. The highest BCUT2D eigenvalue weighted by atomic mass is 35.5. The van der Waals surface area contributed by atoms with Crippen molar-refractivity contribution in [2.75, 3.05) is 13.1 Å². The smallest absolute Gasteiger partial charge is 0.251 e. The van der Waals surface area contributed by atoms with E-state index < -0.39 is 10.0 Å². The summed E-state index contributed by atoms with van der Waals surface area (Å²) in [6, 6.07) is 13.2. The molecule has 0 aliphatic rings. The van der Waals surface area contributed by atoms with E-state index in [9.17, 15) is 13.2 Å². The molecule has 0 radical (unpaired) electrons. The number of rotatable bonds is 7. The second-order valence-corrected chi connectivity index (χ2v) is 7.80. The van der Waals surface area contributed by atoms with Gasteiger partial charge in [0.15, 0.2) is 0 Å². The fourth-order valence-corrected chi connectivity index (χ4v) is 3.96. The Bertz CT molecular complexity index is 814. The normalized spacial score (nSPS) is 11.5. The van der Waals surface area contributed by atoms with Gasteiger partial charge < -0.3 is 5.32 Å². The van der Waals surface area contributed by atoms with E-state index in [-0.39, 0.29) is 10.8 Å². The summed E-state index contributed by atoms with van der Waals surface area (Å²) in [5.41, 5.74) is 1.34. The predicted molar refractivity (Wildman–Crippen MR) is 99.2 cm³/mol. The number of nitrogens with one attached hydrogen (secondary N) is 1. The Balaban J connectivity index is 2.06. The van der Waals surface area contributed by atoms with Gasteiger partial charge in [-0.25, -0.2) is 8.42 Å². The first-order valence-electron chi connectivity index (χ1n) is 8.01. The summed E-state index contributed by atoms with van der Waals surface area (Å²) in [4.78, 5) is 12.4. The largest absolute Gasteiger partial charge is 0.348 e. The van der Waals surface area contributed by atoms with Crippen LogP contribution in [0.4, 0.5) is 0 Å². The van der Waals surface area contributed by atoms with Crippen LogP contribution in [0, 0.1) is 0 Å². The molecule has 0 spiro atoms. The topological polar surface area (TPSA) is 66.5 Å². The zero-order valence-corrected chi connectivity index (χ0v) is 15.8. The molecule has 1 amide bonds. The number of benzene rings is 2. The lowest BCUT2D eigenvalue weighted by Crippen LogP contribution is -2.30. The first-order valence-corrected chi connectivity index (χ1v) is 9.83. The molecule has 2 aromatic rings. The Morgan fingerprint density at radius 2 is 1.56 bits per heavy atom. The SMILES string of the molecule is CCN(CC)S(=O)(=O)c1ccc(C(=O)NCc2ccc(Cl)cc2)cc1. The van der Waals surface area contributed by atoms with Gasteiger partial charge in [-0.05, 0) is 42.0 Å². The van der Waals surface area contributed by atoms with Crippen molar-refractivity contribution in [2.24, 2.45) is 0 Å². The maximum absolute atomic E-state index is 12.4. The second kappa shape index (κ2) is 8.47. The standard InChI is InChI=1S/C18H21ClN2O3S/c1-3-21(4-2)25(23,24)17-11-7-15(8-12-17)18(22)20-13-14-5-9-16(19)10-6-14/h5-12H,3-4,13H2,1-2H3,(H,20,22). The summed E-state index contributed by atoms with van der Waals surface area (Å²) in [5.74, 6) is -0.262. The Labute approximate surface area is 153 Å². The molecule has 0 unspecified atom stereocenters. The zero-order valence-electron chi connectivity index (χ0n) is 14.2. The molecule has 5 nitrogen and oxygen atoms in total. The lowest BCUT2D eigenvalue weighted by molar-refractivity contribution is 0.0951. The lowest BCUT2D eigenvalue weighted by Gasteiger charge is -2.18. The molecule has 7 heteroatoms. The summed E-state index contributed by atoms with van der Waals surface area (Å²) in [6.07, 6.45) is 0. The molecule has 0 saturated heterocycles. The fourth-order valence-electron chi connectivity index (χ4n) is 2.38. The van der Waals surface area contributed by atoms with Gasteiger partial charge in [0.05, 0.1) is 4.90 Å². The minimum Gasteiger partial charge on any atom is -0.348 e. The van der Waals surface area contributed by atoms with Gasteiger partial charge >= 0.3 is 0 Å². The van der Waals surface area contributed by atoms with E-state index in [4.69, 9.17) is 11.6 Å². The number of amides is 1. The van der Waals surface area contributed by atoms with Gasteiger partial charge in [0.25, 0.3) is 5.91 Å². The van der Waals surface area contributed by atoms with Gasteiger partial charge in [0.1, 0.15) is 0 Å². The third kappa shape index (κ3) is 4.81. The van der Waals surface area contributed by atoms with E-state index in [1.807, 2.05) is 12.1 Å². The van der Waals surface area contributed by atoms with Crippen LogP contribution in [0.25, 0.3) is 0 Å². The first-order chi connectivity index (χ1) is 11.9. The van der Waals surface area contributed by atoms with E-state index in [2.05, 4.69) is 5.32 Å². The number of carbonyl (C=O) groups is 1. The monoisotopic (exact) mass is 380 g/mol. The van der Waals surface area contributed by atoms with E-state index in [0.717, 1.165) is 5.56 Å². The Morgan fingerprint density at radius 3 is 2.08 bits per heavy atom. The van der Waals surface area contributed by atoms with Crippen LogP contribution < -0.4 is 5.32 Å². The van der Waals surface area contributed by atoms with Crippen molar-refractivity contribution < 1.29 is 13.2 Å². The molecular formula is C18H21ClN2O3S. The quantitative estimate of drug-likeness (QED) is 0.801. The fraction of sp³-hybridized carbons (Fsp3) is 0.278. The van der Waals surface area contributed by atoms with E-state index in [1.165, 1.54) is 28.6 Å². The summed E-state index contributed by atoms with van der Waals surface area (Å²) in [5, 5.41) is 3.44. The van der Waals surface area contributed by atoms with Gasteiger partial charge in [-0.3, -0.25) is 4.79 Å². The van der Waals surface area contributed by atoms with Crippen molar-refractivity contribution in [1.82, 2.24) is 9.62 Å². The predicted octanol–water partition coefficient (Wildman–Crippen LogP) is 3.30. The van der Waals surface area contributed by atoms with Crippen LogP contribution in [-0.4, -0.2) is 31.7 Å². The maximum Gasteiger partial charge on any atom is 0.251 e. The highest BCUT2D eigenvalue weighted by molar-refractivity contribution is 7.89. The van der Waals surface area contributed by atoms with Crippen molar-refractivity contribution in [3.05, 3.63) is 64.7 Å². The minimum absolute atomic E-state index is 0.186. The maximum atomic E-state index is 12.4. The molecule has 0 saturated carbocycles. The number of hydrogen-bond donors (Lipinski definition) is 1. The van der Waals surface area contributed by atoms with Gasteiger partial charge in [-0.1, -0.05) is 37.6 Å². The highest BCUT2D eigenvalue weighted by Gasteiger charge is 2.21. The van der Waals surface area contributed by atoms with Crippen LogP contribution in [-0.2, 0) is 16.6 Å². The molecule has 0 fully saturated rings. The zero-order chi connectivity index (χ0) is 18.4. The second-order valence-electron chi connectivity index (χ2n) is 5.42. The van der Waals surface area contributed by atoms with Crippen molar-refractivity contribution in [3.8, 4) is 0 Å². The Hall–Kier alpha value is -1.89. The van der Waals surface area contributed by atoms with Gasteiger partial charge in [-0.2, -0.15) is 4.31 Å². The molecular weight excluding hydrogens is 360 g/mol. The van der Waals surface area contributed by atoms with Crippen LogP contribution in [0.2, 0.25) is 5.02 Å². The highest BCUT2D eigenvalue weighted by Crippen LogP contribution is 2.16. The first kappa shape index (κ1) is 19.4. The summed E-state index contributed by atoms with van der Waals surface area (Å²) < 4.78 is 26.2. The molecule has 1 N–H and O–H groups in total. The molecule has 2 rings (SSSR count). The molecule has 0 aromatic heterocycles.